The minimum absolute atomic E-state index is 0.0125. The summed E-state index contributed by atoms with van der Waals surface area (Å²) in [6.07, 6.45) is 5.78. The molecule has 0 spiro atoms. The van der Waals surface area contributed by atoms with Gasteiger partial charge in [0, 0.05) is 37.3 Å². The molecule has 2 aromatic carbocycles. The Hall–Kier alpha value is -3.67. The van der Waals surface area contributed by atoms with Crippen LogP contribution in [-0.2, 0) is 25.8 Å². The Morgan fingerprint density at radius 1 is 1.07 bits per heavy atom. The van der Waals surface area contributed by atoms with Crippen LogP contribution in [0.4, 0.5) is 0 Å². The first-order valence-electron chi connectivity index (χ1n) is 10.2. The van der Waals surface area contributed by atoms with E-state index < -0.39 is 0 Å². The highest BCUT2D eigenvalue weighted by atomic mass is 16.4. The third-order valence-electron chi connectivity index (χ3n) is 5.44. The lowest BCUT2D eigenvalue weighted by molar-refractivity contribution is 0.0728. The molecule has 0 saturated carbocycles. The number of carbonyl (C=O) groups excluding carboxylic acids is 1. The van der Waals surface area contributed by atoms with Gasteiger partial charge < -0.3 is 14.3 Å². The maximum absolute atomic E-state index is 13.3. The number of hydrogen-bond acceptors (Lipinski definition) is 4. The minimum atomic E-state index is -0.0125. The molecular weight excluding hydrogens is 376 g/mol. The van der Waals surface area contributed by atoms with Crippen LogP contribution in [0.2, 0.25) is 0 Å². The van der Waals surface area contributed by atoms with E-state index in [1.54, 1.807) is 12.4 Å². The molecule has 5 rings (SSSR count). The molecule has 1 amide bonds. The minimum Gasteiger partial charge on any atom is -0.445 e. The highest BCUT2D eigenvalue weighted by Gasteiger charge is 2.27. The van der Waals surface area contributed by atoms with Gasteiger partial charge in [-0.05, 0) is 18.1 Å². The number of oxazole rings is 1. The maximum atomic E-state index is 13.3. The van der Waals surface area contributed by atoms with Gasteiger partial charge in [0.2, 0.25) is 0 Å². The number of H-pyrrole nitrogens is 1. The Bertz CT molecular complexity index is 1150. The van der Waals surface area contributed by atoms with Crippen LogP contribution in [0.5, 0.6) is 0 Å². The van der Waals surface area contributed by atoms with E-state index in [0.29, 0.717) is 30.9 Å². The van der Waals surface area contributed by atoms with Crippen molar-refractivity contribution in [3.05, 3.63) is 95.5 Å². The predicted molar refractivity (Wildman–Crippen MR) is 113 cm³/mol. The molecule has 0 fully saturated rings. The molecule has 6 heteroatoms. The van der Waals surface area contributed by atoms with Crippen LogP contribution in [0.3, 0.4) is 0 Å². The first-order chi connectivity index (χ1) is 14.8. The predicted octanol–water partition coefficient (Wildman–Crippen LogP) is 4.05. The number of imidazole rings is 1. The van der Waals surface area contributed by atoms with Crippen molar-refractivity contribution < 1.29 is 9.21 Å². The highest BCUT2D eigenvalue weighted by molar-refractivity contribution is 6.00. The third kappa shape index (κ3) is 3.64. The summed E-state index contributed by atoms with van der Waals surface area (Å²) in [7, 11) is 0. The van der Waals surface area contributed by atoms with Crippen LogP contribution in [0.25, 0.3) is 11.4 Å². The fourth-order valence-electron chi connectivity index (χ4n) is 3.89. The summed E-state index contributed by atoms with van der Waals surface area (Å²) >= 11 is 0. The van der Waals surface area contributed by atoms with Gasteiger partial charge in [-0.25, -0.2) is 9.97 Å². The van der Waals surface area contributed by atoms with Gasteiger partial charge in [0.1, 0.15) is 17.3 Å². The van der Waals surface area contributed by atoms with Crippen molar-refractivity contribution in [3.8, 4) is 11.4 Å². The summed E-state index contributed by atoms with van der Waals surface area (Å²) in [5.41, 5.74) is 3.58. The van der Waals surface area contributed by atoms with E-state index in [2.05, 4.69) is 27.1 Å². The molecule has 1 aliphatic rings. The molecule has 1 N–H and O–H groups in total. The van der Waals surface area contributed by atoms with Crippen LogP contribution in [0.1, 0.15) is 33.3 Å². The number of nitrogens with one attached hydrogen (secondary N) is 1. The van der Waals surface area contributed by atoms with Gasteiger partial charge >= 0.3 is 0 Å². The number of rotatable bonds is 5. The molecule has 0 aliphatic carbocycles. The Morgan fingerprint density at radius 3 is 2.73 bits per heavy atom. The van der Waals surface area contributed by atoms with E-state index in [-0.39, 0.29) is 5.91 Å². The van der Waals surface area contributed by atoms with E-state index >= 15 is 0 Å². The van der Waals surface area contributed by atoms with E-state index in [0.717, 1.165) is 35.7 Å². The van der Waals surface area contributed by atoms with E-state index in [9.17, 15) is 4.79 Å². The van der Waals surface area contributed by atoms with Crippen molar-refractivity contribution in [1.29, 1.82) is 0 Å². The van der Waals surface area contributed by atoms with Crippen LogP contribution >= 0.6 is 0 Å². The number of fused-ring (bicyclic) bond motifs is 1. The average Bonchev–Trinajstić information content (AvgIpc) is 3.47. The Morgan fingerprint density at radius 2 is 1.90 bits per heavy atom. The van der Waals surface area contributed by atoms with Crippen LogP contribution in [-0.4, -0.2) is 32.3 Å². The molecule has 0 bridgehead atoms. The fraction of sp³-hybridized carbons (Fsp3) is 0.208. The van der Waals surface area contributed by atoms with E-state index in [1.165, 1.54) is 5.56 Å². The van der Waals surface area contributed by atoms with Crippen molar-refractivity contribution >= 4 is 5.91 Å². The molecule has 0 unspecified atom stereocenters. The van der Waals surface area contributed by atoms with Gasteiger partial charge in [-0.15, -0.1) is 0 Å². The van der Waals surface area contributed by atoms with Gasteiger partial charge in [-0.2, -0.15) is 0 Å². The lowest BCUT2D eigenvalue weighted by atomic mass is 10.0. The second-order valence-corrected chi connectivity index (χ2v) is 7.42. The molecule has 0 radical (unpaired) electrons. The number of aromatic nitrogens is 3. The van der Waals surface area contributed by atoms with Crippen molar-refractivity contribution in [3.63, 3.8) is 0 Å². The van der Waals surface area contributed by atoms with E-state index in [1.807, 2.05) is 47.4 Å². The molecule has 150 valence electrons. The van der Waals surface area contributed by atoms with Crippen molar-refractivity contribution in [2.75, 3.05) is 6.54 Å². The zero-order chi connectivity index (χ0) is 20.3. The topological polar surface area (TPSA) is 75.0 Å². The second kappa shape index (κ2) is 7.99. The van der Waals surface area contributed by atoms with Crippen molar-refractivity contribution in [2.45, 2.75) is 25.8 Å². The van der Waals surface area contributed by atoms with Gasteiger partial charge in [-0.3, -0.25) is 4.79 Å². The zero-order valence-corrected chi connectivity index (χ0v) is 16.5. The first kappa shape index (κ1) is 18.4. The van der Waals surface area contributed by atoms with Gasteiger partial charge in [0.15, 0.2) is 5.89 Å². The summed E-state index contributed by atoms with van der Waals surface area (Å²) < 4.78 is 5.98. The van der Waals surface area contributed by atoms with Crippen LogP contribution in [0, 0.1) is 0 Å². The molecule has 1 aliphatic heterocycles. The molecule has 2 aromatic heterocycles. The molecule has 6 nitrogen and oxygen atoms in total. The number of hydrogen-bond donors (Lipinski definition) is 1. The lowest BCUT2D eigenvalue weighted by Gasteiger charge is -2.26. The average molecular weight is 398 g/mol. The molecular formula is C24H22N4O2. The van der Waals surface area contributed by atoms with Crippen LogP contribution in [0.15, 0.2) is 71.4 Å². The number of nitrogens with zero attached hydrogens (tertiary/aromatic N) is 3. The molecule has 3 heterocycles. The van der Waals surface area contributed by atoms with Gasteiger partial charge in [0.05, 0.1) is 12.1 Å². The number of carbonyl (C=O) groups is 1. The van der Waals surface area contributed by atoms with Crippen LogP contribution < -0.4 is 0 Å². The Kier molecular flexibility index (Phi) is 4.89. The van der Waals surface area contributed by atoms with Gasteiger partial charge in [0.25, 0.3) is 5.91 Å². The molecule has 4 aromatic rings. The number of aromatic amines is 1. The normalized spacial score (nSPS) is 13.3. The maximum Gasteiger partial charge on any atom is 0.254 e. The quantitative estimate of drug-likeness (QED) is 0.550. The number of benzene rings is 2. The fourth-order valence-corrected chi connectivity index (χ4v) is 3.89. The number of aryl methyl sites for hydroxylation is 2. The summed E-state index contributed by atoms with van der Waals surface area (Å²) in [6.45, 7) is 1.08. The summed E-state index contributed by atoms with van der Waals surface area (Å²) in [4.78, 5) is 27.2. The zero-order valence-electron chi connectivity index (χ0n) is 16.5. The first-order valence-corrected chi connectivity index (χ1v) is 10.2. The SMILES string of the molecule is O=C(c1ccccc1-c1ncc[nH]1)N1CCc2oc(CCc3ccccc3)nc2C1. The lowest BCUT2D eigenvalue weighted by Crippen LogP contribution is -2.36. The smallest absolute Gasteiger partial charge is 0.254 e. The molecule has 0 saturated heterocycles. The summed E-state index contributed by atoms with van der Waals surface area (Å²) in [5.74, 6) is 2.33. The number of amides is 1. The molecule has 30 heavy (non-hydrogen) atoms. The Balaban J connectivity index is 1.32. The molecule has 0 atom stereocenters. The highest BCUT2D eigenvalue weighted by Crippen LogP contribution is 2.26. The van der Waals surface area contributed by atoms with Crippen molar-refractivity contribution in [1.82, 2.24) is 19.9 Å². The summed E-state index contributed by atoms with van der Waals surface area (Å²) in [5, 5.41) is 0. The second-order valence-electron chi connectivity index (χ2n) is 7.42. The largest absolute Gasteiger partial charge is 0.445 e. The summed E-state index contributed by atoms with van der Waals surface area (Å²) in [6, 6.07) is 17.9. The van der Waals surface area contributed by atoms with Crippen molar-refractivity contribution in [2.24, 2.45) is 0 Å². The van der Waals surface area contributed by atoms with Gasteiger partial charge in [-0.1, -0.05) is 48.5 Å². The monoisotopic (exact) mass is 398 g/mol. The third-order valence-corrected chi connectivity index (χ3v) is 5.44. The Labute approximate surface area is 174 Å². The van der Waals surface area contributed by atoms with E-state index in [4.69, 9.17) is 4.42 Å². The standard InChI is InChI=1S/C24H22N4O2/c29-24(19-9-5-4-8-18(19)23-25-13-14-26-23)28-15-12-21-20(16-28)27-22(30-21)11-10-17-6-2-1-3-7-17/h1-9,13-14H,10-12,15-16H2,(H,25,26).